The fourth-order valence-electron chi connectivity index (χ4n) is 3.91. The number of carbonyl (C=O) groups excluding carboxylic acids is 1. The first-order chi connectivity index (χ1) is 12.0. The van der Waals surface area contributed by atoms with Crippen molar-refractivity contribution in [2.45, 2.75) is 40.0 Å². The molecule has 2 aromatic heterocycles. The highest BCUT2D eigenvalue weighted by Gasteiger charge is 2.23. The van der Waals surface area contributed by atoms with Crippen molar-refractivity contribution >= 4 is 27.8 Å². The van der Waals surface area contributed by atoms with Crippen molar-refractivity contribution in [3.05, 3.63) is 45.0 Å². The van der Waals surface area contributed by atoms with E-state index in [9.17, 15) is 9.59 Å². The number of hydrogen-bond donors (Lipinski definition) is 0. The minimum atomic E-state index is -0.431. The summed E-state index contributed by atoms with van der Waals surface area (Å²) in [6.45, 7) is 7.40. The Bertz CT molecular complexity index is 1050. The van der Waals surface area contributed by atoms with Crippen molar-refractivity contribution in [3.63, 3.8) is 0 Å². The van der Waals surface area contributed by atoms with Gasteiger partial charge in [0.05, 0.1) is 23.6 Å². The molecule has 0 atom stereocenters. The van der Waals surface area contributed by atoms with Crippen LogP contribution in [0.1, 0.15) is 35.1 Å². The van der Waals surface area contributed by atoms with Crippen molar-refractivity contribution in [3.8, 4) is 0 Å². The van der Waals surface area contributed by atoms with Gasteiger partial charge in [0, 0.05) is 18.5 Å². The van der Waals surface area contributed by atoms with Crippen molar-refractivity contribution < 1.29 is 13.6 Å². The summed E-state index contributed by atoms with van der Waals surface area (Å²) >= 11 is 0. The van der Waals surface area contributed by atoms with Crippen LogP contribution in [0.4, 0.5) is 0 Å². The molecule has 3 heterocycles. The first kappa shape index (κ1) is 15.9. The number of likely N-dealkylation sites (tertiary alicyclic amines) is 1. The molecule has 0 radical (unpaired) electrons. The molecule has 0 bridgehead atoms. The lowest BCUT2D eigenvalue weighted by Gasteiger charge is -2.16. The second kappa shape index (κ2) is 5.76. The van der Waals surface area contributed by atoms with Crippen LogP contribution in [0.5, 0.6) is 0 Å². The monoisotopic (exact) mass is 339 g/mol. The smallest absolute Gasteiger partial charge is 0.340 e. The summed E-state index contributed by atoms with van der Waals surface area (Å²) in [5.41, 5.74) is 4.08. The molecule has 0 saturated carbocycles. The van der Waals surface area contributed by atoms with Crippen LogP contribution in [0.2, 0.25) is 0 Å². The molecule has 1 fully saturated rings. The quantitative estimate of drug-likeness (QED) is 0.669. The van der Waals surface area contributed by atoms with Gasteiger partial charge in [-0.15, -0.1) is 0 Å². The van der Waals surface area contributed by atoms with Crippen LogP contribution in [0.25, 0.3) is 21.9 Å². The molecular weight excluding hydrogens is 318 g/mol. The molecule has 0 spiro atoms. The molecule has 5 nitrogen and oxygen atoms in total. The van der Waals surface area contributed by atoms with E-state index in [4.69, 9.17) is 8.83 Å². The van der Waals surface area contributed by atoms with E-state index >= 15 is 0 Å². The number of fused-ring (bicyclic) bond motifs is 3. The van der Waals surface area contributed by atoms with Crippen molar-refractivity contribution in [2.24, 2.45) is 0 Å². The molecule has 1 aliphatic heterocycles. The molecule has 5 heteroatoms. The van der Waals surface area contributed by atoms with Gasteiger partial charge < -0.3 is 13.7 Å². The number of benzene rings is 1. The first-order valence-corrected chi connectivity index (χ1v) is 8.69. The minimum absolute atomic E-state index is 0.00812. The van der Waals surface area contributed by atoms with E-state index in [1.807, 2.05) is 31.7 Å². The molecule has 0 aliphatic carbocycles. The van der Waals surface area contributed by atoms with Gasteiger partial charge >= 0.3 is 5.63 Å². The summed E-state index contributed by atoms with van der Waals surface area (Å²) in [5, 5.41) is 1.83. The predicted molar refractivity (Wildman–Crippen MR) is 96.0 cm³/mol. The number of carbonyl (C=O) groups is 1. The summed E-state index contributed by atoms with van der Waals surface area (Å²) < 4.78 is 11.3. The summed E-state index contributed by atoms with van der Waals surface area (Å²) in [4.78, 5) is 26.8. The van der Waals surface area contributed by atoms with Crippen molar-refractivity contribution in [2.75, 3.05) is 13.1 Å². The number of amides is 1. The van der Waals surface area contributed by atoms with Crippen LogP contribution >= 0.6 is 0 Å². The van der Waals surface area contributed by atoms with E-state index in [-0.39, 0.29) is 12.3 Å². The Labute approximate surface area is 145 Å². The lowest BCUT2D eigenvalue weighted by molar-refractivity contribution is -0.129. The van der Waals surface area contributed by atoms with Crippen LogP contribution in [0.15, 0.2) is 26.0 Å². The highest BCUT2D eigenvalue weighted by molar-refractivity contribution is 6.07. The van der Waals surface area contributed by atoms with Gasteiger partial charge in [-0.2, -0.15) is 0 Å². The van der Waals surface area contributed by atoms with E-state index in [2.05, 4.69) is 0 Å². The molecule has 0 unspecified atom stereocenters. The number of rotatable bonds is 2. The van der Waals surface area contributed by atoms with Gasteiger partial charge in [0.25, 0.3) is 0 Å². The molecule has 1 saturated heterocycles. The van der Waals surface area contributed by atoms with Crippen molar-refractivity contribution in [1.29, 1.82) is 0 Å². The van der Waals surface area contributed by atoms with E-state index < -0.39 is 5.63 Å². The Balaban J connectivity index is 1.90. The average molecular weight is 339 g/mol. The maximum Gasteiger partial charge on any atom is 0.340 e. The van der Waals surface area contributed by atoms with Gasteiger partial charge in [0.1, 0.15) is 11.2 Å². The van der Waals surface area contributed by atoms with Gasteiger partial charge in [-0.1, -0.05) is 0 Å². The number of aryl methyl sites for hydroxylation is 3. The van der Waals surface area contributed by atoms with Gasteiger partial charge in [-0.3, -0.25) is 4.79 Å². The van der Waals surface area contributed by atoms with Gasteiger partial charge in [0.2, 0.25) is 5.91 Å². The predicted octanol–water partition coefficient (Wildman–Crippen LogP) is 3.63. The Kier molecular flexibility index (Phi) is 3.67. The molecule has 1 amide bonds. The van der Waals surface area contributed by atoms with E-state index in [0.29, 0.717) is 11.1 Å². The van der Waals surface area contributed by atoms with Crippen LogP contribution in [-0.2, 0) is 11.2 Å². The van der Waals surface area contributed by atoms with Crippen LogP contribution < -0.4 is 5.63 Å². The Morgan fingerprint density at radius 3 is 2.56 bits per heavy atom. The normalized spacial score (nSPS) is 14.8. The second-order valence-electron chi connectivity index (χ2n) is 6.95. The maximum absolute atomic E-state index is 12.5. The number of hydrogen-bond acceptors (Lipinski definition) is 4. The summed E-state index contributed by atoms with van der Waals surface area (Å²) in [6.07, 6.45) is 3.86. The number of furan rings is 1. The van der Waals surface area contributed by atoms with Crippen LogP contribution in [0, 0.1) is 20.8 Å². The third kappa shape index (κ3) is 2.46. The SMILES string of the molecule is Cc1coc2c1c(C)cc1oc(=O)c(CC(=O)N3CCCC3)c(C)c12. The topological polar surface area (TPSA) is 63.7 Å². The third-order valence-corrected chi connectivity index (χ3v) is 5.25. The average Bonchev–Trinajstić information content (AvgIpc) is 3.21. The molecule has 4 rings (SSSR count). The zero-order chi connectivity index (χ0) is 17.7. The zero-order valence-electron chi connectivity index (χ0n) is 14.8. The first-order valence-electron chi connectivity index (χ1n) is 8.69. The number of nitrogens with zero attached hydrogens (tertiary/aromatic N) is 1. The molecule has 130 valence electrons. The Morgan fingerprint density at radius 1 is 1.12 bits per heavy atom. The minimum Gasteiger partial charge on any atom is -0.463 e. The maximum atomic E-state index is 12.5. The summed E-state index contributed by atoms with van der Waals surface area (Å²) in [7, 11) is 0. The van der Waals surface area contributed by atoms with Gasteiger partial charge in [-0.25, -0.2) is 4.79 Å². The Morgan fingerprint density at radius 2 is 1.84 bits per heavy atom. The lowest BCUT2D eigenvalue weighted by Crippen LogP contribution is -2.31. The van der Waals surface area contributed by atoms with E-state index in [0.717, 1.165) is 59.0 Å². The van der Waals surface area contributed by atoms with Crippen LogP contribution in [-0.4, -0.2) is 23.9 Å². The van der Waals surface area contributed by atoms with E-state index in [1.165, 1.54) is 0 Å². The largest absolute Gasteiger partial charge is 0.463 e. The lowest BCUT2D eigenvalue weighted by atomic mass is 9.98. The summed E-state index contributed by atoms with van der Waals surface area (Å²) in [5.74, 6) is -0.00812. The van der Waals surface area contributed by atoms with Gasteiger partial charge in [-0.05, 0) is 56.4 Å². The molecule has 0 N–H and O–H groups in total. The standard InChI is InChI=1S/C20H21NO4/c1-11-8-15-18(19-17(11)12(2)10-24-19)13(3)14(20(23)25-15)9-16(22)21-6-4-5-7-21/h8,10H,4-7,9H2,1-3H3. The summed E-state index contributed by atoms with van der Waals surface area (Å²) in [6, 6.07) is 1.88. The highest BCUT2D eigenvalue weighted by Crippen LogP contribution is 2.34. The molecule has 1 aromatic carbocycles. The third-order valence-electron chi connectivity index (χ3n) is 5.25. The molecule has 1 aliphatic rings. The zero-order valence-corrected chi connectivity index (χ0v) is 14.8. The highest BCUT2D eigenvalue weighted by atomic mass is 16.4. The molecule has 25 heavy (non-hydrogen) atoms. The second-order valence-corrected chi connectivity index (χ2v) is 6.95. The fourth-order valence-corrected chi connectivity index (χ4v) is 3.91. The molecular formula is C20H21NO4. The van der Waals surface area contributed by atoms with E-state index in [1.54, 1.807) is 6.26 Å². The van der Waals surface area contributed by atoms with Crippen molar-refractivity contribution in [1.82, 2.24) is 4.90 Å². The molecule has 3 aromatic rings. The van der Waals surface area contributed by atoms with Crippen LogP contribution in [0.3, 0.4) is 0 Å². The Hall–Kier alpha value is -2.56. The fraction of sp³-hybridized carbons (Fsp3) is 0.400. The van der Waals surface area contributed by atoms with Gasteiger partial charge in [0.15, 0.2) is 0 Å².